The van der Waals surface area contributed by atoms with Crippen molar-refractivity contribution in [3.05, 3.63) is 65.7 Å². The molecule has 2 aliphatic rings. The fourth-order valence-electron chi connectivity index (χ4n) is 5.30. The van der Waals surface area contributed by atoms with Gasteiger partial charge in [-0.2, -0.15) is 4.57 Å². The van der Waals surface area contributed by atoms with Crippen LogP contribution in [0.15, 0.2) is 54.6 Å². The maximum absolute atomic E-state index is 9.18. The summed E-state index contributed by atoms with van der Waals surface area (Å²) < 4.78 is 17.9. The van der Waals surface area contributed by atoms with E-state index in [2.05, 4.69) is 54.9 Å². The number of nitrogens with zero attached hydrogens (tertiary/aromatic N) is 1. The summed E-state index contributed by atoms with van der Waals surface area (Å²) in [5.74, 6) is 2.11. The third-order valence-corrected chi connectivity index (χ3v) is 6.68. The maximum Gasteiger partial charge on any atom is 0.256 e. The summed E-state index contributed by atoms with van der Waals surface area (Å²) in [5.41, 5.74) is 5.88. The van der Waals surface area contributed by atoms with E-state index in [0.29, 0.717) is 17.7 Å². The van der Waals surface area contributed by atoms with E-state index >= 15 is 0 Å². The molecule has 2 heterocycles. The smallest absolute Gasteiger partial charge is 0.256 e. The van der Waals surface area contributed by atoms with Gasteiger partial charge >= 0.3 is 0 Å². The first kappa shape index (κ1) is 15.1. The molecule has 2 nitrogen and oxygen atoms in total. The lowest BCUT2D eigenvalue weighted by Crippen LogP contribution is -2.33. The summed E-state index contributed by atoms with van der Waals surface area (Å²) >= 11 is 0. The molecule has 1 aliphatic heterocycles. The first-order valence-electron chi connectivity index (χ1n) is 10.8. The number of rotatable bonds is 1. The molecule has 6 rings (SSSR count). The topological polar surface area (TPSA) is 13.1 Å². The largest absolute Gasteiger partial charge is 0.450 e. The number of pyridine rings is 1. The van der Waals surface area contributed by atoms with Crippen LogP contribution in [-0.2, 0) is 7.05 Å². The summed E-state index contributed by atoms with van der Waals surface area (Å²) in [6, 6.07) is 17.6. The Morgan fingerprint density at radius 2 is 1.82 bits per heavy atom. The molecule has 1 aromatic heterocycles. The van der Waals surface area contributed by atoms with Gasteiger partial charge in [0.2, 0.25) is 5.52 Å². The van der Waals surface area contributed by atoms with Gasteiger partial charge in [-0.1, -0.05) is 49.2 Å². The SMILES string of the molecule is [2H]c1c2c([n+](C)c3cccc(C4CCCC4)c13)-c1c(C)ccc3cccc(c13)O2. The Morgan fingerprint density at radius 1 is 1.00 bits per heavy atom. The quantitative estimate of drug-likeness (QED) is 0.306. The third-order valence-electron chi connectivity index (χ3n) is 6.68. The molecule has 0 N–H and O–H groups in total. The fourth-order valence-corrected chi connectivity index (χ4v) is 5.30. The molecule has 1 fully saturated rings. The minimum absolute atomic E-state index is 0.529. The second-order valence-corrected chi connectivity index (χ2v) is 8.30. The van der Waals surface area contributed by atoms with Crippen LogP contribution < -0.4 is 9.30 Å². The minimum atomic E-state index is 0.529. The monoisotopic (exact) mass is 367 g/mol. The minimum Gasteiger partial charge on any atom is -0.450 e. The van der Waals surface area contributed by atoms with Crippen molar-refractivity contribution in [2.24, 2.45) is 7.05 Å². The molecular formula is C26H24NO+. The van der Waals surface area contributed by atoms with Crippen molar-refractivity contribution in [1.29, 1.82) is 0 Å². The van der Waals surface area contributed by atoms with Crippen molar-refractivity contribution >= 4 is 21.7 Å². The van der Waals surface area contributed by atoms with E-state index < -0.39 is 0 Å². The highest BCUT2D eigenvalue weighted by molar-refractivity contribution is 6.04. The number of hydrogen-bond acceptors (Lipinski definition) is 1. The molecule has 138 valence electrons. The molecule has 4 aromatic rings. The van der Waals surface area contributed by atoms with E-state index in [1.165, 1.54) is 47.8 Å². The van der Waals surface area contributed by atoms with Gasteiger partial charge in [0.25, 0.3) is 5.69 Å². The van der Waals surface area contributed by atoms with Crippen LogP contribution in [0.1, 0.15) is 44.1 Å². The predicted molar refractivity (Wildman–Crippen MR) is 114 cm³/mol. The lowest BCUT2D eigenvalue weighted by atomic mass is 9.90. The van der Waals surface area contributed by atoms with E-state index in [-0.39, 0.29) is 0 Å². The van der Waals surface area contributed by atoms with E-state index in [4.69, 9.17) is 4.74 Å². The molecule has 0 radical (unpaired) electrons. The molecule has 28 heavy (non-hydrogen) atoms. The zero-order chi connectivity index (χ0) is 19.7. The van der Waals surface area contributed by atoms with Crippen molar-refractivity contribution < 1.29 is 10.7 Å². The average molecular weight is 367 g/mol. The van der Waals surface area contributed by atoms with Crippen LogP contribution in [0, 0.1) is 6.92 Å². The summed E-state index contributed by atoms with van der Waals surface area (Å²) in [6.07, 6.45) is 5.02. The summed E-state index contributed by atoms with van der Waals surface area (Å²) in [7, 11) is 2.12. The van der Waals surface area contributed by atoms with Crippen LogP contribution in [0.3, 0.4) is 0 Å². The maximum atomic E-state index is 9.18. The third kappa shape index (κ3) is 2.12. The Bertz CT molecular complexity index is 1320. The van der Waals surface area contributed by atoms with Crippen LogP contribution in [0.5, 0.6) is 11.5 Å². The van der Waals surface area contributed by atoms with Gasteiger partial charge in [0.1, 0.15) is 12.8 Å². The van der Waals surface area contributed by atoms with E-state index in [1.54, 1.807) is 0 Å². The Hall–Kier alpha value is -2.87. The van der Waals surface area contributed by atoms with Crippen LogP contribution in [0.25, 0.3) is 32.9 Å². The van der Waals surface area contributed by atoms with Gasteiger partial charge in [-0.15, -0.1) is 0 Å². The highest BCUT2D eigenvalue weighted by atomic mass is 16.5. The molecule has 0 spiro atoms. The molecule has 0 saturated heterocycles. The number of hydrogen-bond donors (Lipinski definition) is 0. The van der Waals surface area contributed by atoms with Gasteiger partial charge in [0.15, 0.2) is 5.75 Å². The first-order valence-corrected chi connectivity index (χ1v) is 10.3. The van der Waals surface area contributed by atoms with Gasteiger partial charge < -0.3 is 4.74 Å². The van der Waals surface area contributed by atoms with E-state index in [9.17, 15) is 1.37 Å². The highest BCUT2D eigenvalue weighted by Gasteiger charge is 2.32. The van der Waals surface area contributed by atoms with Gasteiger partial charge in [0, 0.05) is 17.5 Å². The standard InChI is InChI=1S/C26H24NO/c1-16-13-14-18-9-5-12-22-25(18)24(16)26-23(28-22)15-20-19(17-7-3-4-8-17)10-6-11-21(20)27(26)2/h5-6,9-15,17H,3-4,7-8H2,1-2H3/q+1/i15D. The van der Waals surface area contributed by atoms with E-state index in [1.807, 2.05) is 12.1 Å². The molecule has 3 aromatic carbocycles. The van der Waals surface area contributed by atoms with Gasteiger partial charge in [-0.3, -0.25) is 0 Å². The van der Waals surface area contributed by atoms with Crippen LogP contribution in [0.2, 0.25) is 0 Å². The summed E-state index contributed by atoms with van der Waals surface area (Å²) in [5, 5.41) is 3.39. The second kappa shape index (κ2) is 5.81. The van der Waals surface area contributed by atoms with Crippen molar-refractivity contribution in [3.63, 3.8) is 0 Å². The number of benzene rings is 3. The first-order chi connectivity index (χ1) is 14.1. The van der Waals surface area contributed by atoms with Crippen LogP contribution in [-0.4, -0.2) is 0 Å². The summed E-state index contributed by atoms with van der Waals surface area (Å²) in [6.45, 7) is 2.16. The Morgan fingerprint density at radius 3 is 2.68 bits per heavy atom. The molecule has 0 bridgehead atoms. The molecule has 0 amide bonds. The molecular weight excluding hydrogens is 342 g/mol. The van der Waals surface area contributed by atoms with Crippen molar-refractivity contribution in [2.45, 2.75) is 38.5 Å². The predicted octanol–water partition coefficient (Wildman–Crippen LogP) is 6.56. The van der Waals surface area contributed by atoms with Crippen LogP contribution >= 0.6 is 0 Å². The molecule has 0 atom stereocenters. The van der Waals surface area contributed by atoms with Crippen molar-refractivity contribution in [3.8, 4) is 22.8 Å². The van der Waals surface area contributed by atoms with Crippen molar-refractivity contribution in [2.75, 3.05) is 0 Å². The van der Waals surface area contributed by atoms with Gasteiger partial charge in [0.05, 0.1) is 12.3 Å². The highest BCUT2D eigenvalue weighted by Crippen LogP contribution is 2.48. The zero-order valence-electron chi connectivity index (χ0n) is 17.4. The lowest BCUT2D eigenvalue weighted by Gasteiger charge is -2.22. The van der Waals surface area contributed by atoms with Crippen LogP contribution in [0.4, 0.5) is 0 Å². The Kier molecular flexibility index (Phi) is 3.13. The number of aromatic nitrogens is 1. The fraction of sp³-hybridized carbons (Fsp3) is 0.269. The van der Waals surface area contributed by atoms with Crippen molar-refractivity contribution in [1.82, 2.24) is 0 Å². The average Bonchev–Trinajstić information content (AvgIpc) is 3.28. The summed E-state index contributed by atoms with van der Waals surface area (Å²) in [4.78, 5) is 0. The molecule has 2 heteroatoms. The number of ether oxygens (including phenoxy) is 1. The molecule has 0 unspecified atom stereocenters. The zero-order valence-corrected chi connectivity index (χ0v) is 16.4. The van der Waals surface area contributed by atoms with Gasteiger partial charge in [-0.05, 0) is 48.3 Å². The lowest BCUT2D eigenvalue weighted by molar-refractivity contribution is -0.633. The second-order valence-electron chi connectivity index (χ2n) is 8.30. The number of aryl methyl sites for hydroxylation is 2. The Balaban J connectivity index is 1.76. The molecule has 1 aliphatic carbocycles. The molecule has 1 saturated carbocycles. The van der Waals surface area contributed by atoms with E-state index in [0.717, 1.165) is 27.7 Å². The number of fused-ring (bicyclic) bond motifs is 3. The Labute approximate surface area is 166 Å². The van der Waals surface area contributed by atoms with Gasteiger partial charge in [-0.25, -0.2) is 0 Å². The normalized spacial score (nSPS) is 16.3.